The molecule has 0 unspecified atom stereocenters. The van der Waals surface area contributed by atoms with E-state index >= 15 is 0 Å². The van der Waals surface area contributed by atoms with Gasteiger partial charge in [-0.1, -0.05) is 36.4 Å². The summed E-state index contributed by atoms with van der Waals surface area (Å²) in [5.74, 6) is -0.444. The highest BCUT2D eigenvalue weighted by atomic mass is 35.5. The summed E-state index contributed by atoms with van der Waals surface area (Å²) >= 11 is 6.33. The number of nitrogens with one attached hydrogen (secondary N) is 2. The van der Waals surface area contributed by atoms with Crippen molar-refractivity contribution in [1.29, 1.82) is 0 Å². The summed E-state index contributed by atoms with van der Waals surface area (Å²) in [6, 6.07) is 12.5. The van der Waals surface area contributed by atoms with Gasteiger partial charge in [0.25, 0.3) is 5.56 Å². The number of benzene rings is 2. The Hall–Kier alpha value is -2.99. The number of hydrogen-bond acceptors (Lipinski definition) is 9. The van der Waals surface area contributed by atoms with Crippen molar-refractivity contribution >= 4 is 36.1 Å². The lowest BCUT2D eigenvalue weighted by atomic mass is 10.1. The van der Waals surface area contributed by atoms with Gasteiger partial charge >= 0.3 is 19.4 Å². The van der Waals surface area contributed by atoms with Crippen LogP contribution >= 0.6 is 19.3 Å². The molecule has 4 rings (SSSR count). The number of alkyl halides is 1. The van der Waals surface area contributed by atoms with Gasteiger partial charge in [0.1, 0.15) is 29.4 Å². The highest BCUT2D eigenvalue weighted by molar-refractivity contribution is 7.52. The number of halogens is 1. The van der Waals surface area contributed by atoms with Gasteiger partial charge < -0.3 is 19.1 Å². The molecule has 14 heteroatoms. The molecule has 1 fully saturated rings. The Morgan fingerprint density at radius 3 is 2.62 bits per heavy atom. The van der Waals surface area contributed by atoms with E-state index in [1.54, 1.807) is 38.1 Å². The molecule has 0 amide bonds. The standard InChI is InChI=1S/C25H29ClN3O9P/c1-14(2)36-24(32)15(3)28-39(34,38-18-10-6-8-16-7-4-5-9-17(16)18)35-13-19-22(31)21(26)23(37-19)29-12-11-20(30)27-25(29)33/h4-12,14-15,19,21-23,31H,13H2,1-3H3,(H,28,34)(H,27,30,33)/t15-,19+,21-,22+,23+,39-/m0/s1. The zero-order valence-electron chi connectivity index (χ0n) is 21.4. The summed E-state index contributed by atoms with van der Waals surface area (Å²) in [5.41, 5.74) is -1.39. The third-order valence-electron chi connectivity index (χ3n) is 5.85. The first-order valence-corrected chi connectivity index (χ1v) is 14.1. The quantitative estimate of drug-likeness (QED) is 0.185. The van der Waals surface area contributed by atoms with Gasteiger partial charge in [0.2, 0.25) is 0 Å². The van der Waals surface area contributed by atoms with E-state index in [1.165, 1.54) is 13.1 Å². The second-order valence-electron chi connectivity index (χ2n) is 9.22. The molecule has 3 aromatic rings. The molecule has 0 spiro atoms. The Kier molecular flexibility index (Phi) is 8.95. The van der Waals surface area contributed by atoms with E-state index in [9.17, 15) is 24.1 Å². The molecule has 3 N–H and O–H groups in total. The topological polar surface area (TPSA) is 158 Å². The van der Waals surface area contributed by atoms with Crippen molar-refractivity contribution in [3.63, 3.8) is 0 Å². The van der Waals surface area contributed by atoms with Gasteiger partial charge in [-0.3, -0.25) is 23.7 Å². The zero-order chi connectivity index (χ0) is 28.3. The van der Waals surface area contributed by atoms with E-state index in [4.69, 9.17) is 30.1 Å². The molecule has 39 heavy (non-hydrogen) atoms. The molecular formula is C25H29ClN3O9P. The van der Waals surface area contributed by atoms with Crippen LogP contribution in [0.3, 0.4) is 0 Å². The van der Waals surface area contributed by atoms with Gasteiger partial charge in [-0.2, -0.15) is 5.09 Å². The van der Waals surface area contributed by atoms with Crippen LogP contribution in [0.1, 0.15) is 27.0 Å². The number of aliphatic hydroxyl groups is 1. The second kappa shape index (κ2) is 12.0. The van der Waals surface area contributed by atoms with Crippen molar-refractivity contribution in [3.8, 4) is 5.75 Å². The first kappa shape index (κ1) is 29.0. The molecule has 1 aliphatic heterocycles. The lowest BCUT2D eigenvalue weighted by molar-refractivity contribution is -0.149. The molecule has 0 saturated carbocycles. The van der Waals surface area contributed by atoms with Crippen LogP contribution in [0.2, 0.25) is 0 Å². The Balaban J connectivity index is 1.57. The second-order valence-corrected chi connectivity index (χ2v) is 11.4. The van der Waals surface area contributed by atoms with Crippen LogP contribution in [0.25, 0.3) is 10.8 Å². The van der Waals surface area contributed by atoms with Crippen LogP contribution < -0.4 is 20.9 Å². The first-order valence-electron chi connectivity index (χ1n) is 12.2. The normalized spacial score (nSPS) is 23.4. The summed E-state index contributed by atoms with van der Waals surface area (Å²) in [4.78, 5) is 38.2. The molecule has 1 aromatic heterocycles. The van der Waals surface area contributed by atoms with Crippen LogP contribution in [0.15, 0.2) is 64.3 Å². The van der Waals surface area contributed by atoms with Gasteiger partial charge in [-0.25, -0.2) is 9.36 Å². The molecule has 0 radical (unpaired) electrons. The smallest absolute Gasteiger partial charge is 0.459 e. The van der Waals surface area contributed by atoms with Crippen LogP contribution in [-0.2, 0) is 23.4 Å². The third-order valence-corrected chi connectivity index (χ3v) is 7.96. The largest absolute Gasteiger partial charge is 0.462 e. The van der Waals surface area contributed by atoms with Crippen molar-refractivity contribution in [2.75, 3.05) is 6.61 Å². The maximum atomic E-state index is 14.0. The summed E-state index contributed by atoms with van der Waals surface area (Å²) in [6.07, 6.45) is -2.84. The summed E-state index contributed by atoms with van der Waals surface area (Å²) in [7, 11) is -4.31. The molecule has 6 atom stereocenters. The Morgan fingerprint density at radius 1 is 1.18 bits per heavy atom. The summed E-state index contributed by atoms with van der Waals surface area (Å²) in [5, 5.41) is 13.6. The van der Waals surface area contributed by atoms with E-state index in [0.29, 0.717) is 5.39 Å². The Bertz CT molecular complexity index is 1490. The highest BCUT2D eigenvalue weighted by Gasteiger charge is 2.45. The molecule has 2 heterocycles. The van der Waals surface area contributed by atoms with Crippen molar-refractivity contribution in [1.82, 2.24) is 14.6 Å². The number of carbonyl (C=O) groups excluding carboxylic acids is 1. The molecule has 1 aliphatic rings. The van der Waals surface area contributed by atoms with Crippen LogP contribution in [-0.4, -0.2) is 57.0 Å². The van der Waals surface area contributed by atoms with Gasteiger partial charge in [-0.15, -0.1) is 11.6 Å². The molecule has 210 valence electrons. The minimum atomic E-state index is -4.31. The Labute approximate surface area is 228 Å². The monoisotopic (exact) mass is 581 g/mol. The Morgan fingerprint density at radius 2 is 1.90 bits per heavy atom. The minimum absolute atomic E-state index is 0.231. The van der Waals surface area contributed by atoms with E-state index in [1.807, 2.05) is 18.2 Å². The van der Waals surface area contributed by atoms with Crippen molar-refractivity contribution in [3.05, 3.63) is 75.6 Å². The number of carbonyl (C=O) groups is 1. The molecule has 0 bridgehead atoms. The van der Waals surface area contributed by atoms with Gasteiger partial charge in [-0.05, 0) is 32.2 Å². The van der Waals surface area contributed by atoms with Gasteiger partial charge in [0.05, 0.1) is 12.7 Å². The number of ether oxygens (including phenoxy) is 2. The number of aromatic nitrogens is 2. The highest BCUT2D eigenvalue weighted by Crippen LogP contribution is 2.47. The fraction of sp³-hybridized carbons (Fsp3) is 0.400. The van der Waals surface area contributed by atoms with Crippen molar-refractivity contribution in [2.45, 2.75) is 56.7 Å². The molecule has 1 saturated heterocycles. The molecular weight excluding hydrogens is 553 g/mol. The minimum Gasteiger partial charge on any atom is -0.462 e. The number of rotatable bonds is 10. The van der Waals surface area contributed by atoms with Gasteiger partial charge in [0, 0.05) is 17.6 Å². The predicted molar refractivity (Wildman–Crippen MR) is 143 cm³/mol. The maximum absolute atomic E-state index is 14.0. The van der Waals surface area contributed by atoms with Crippen molar-refractivity contribution in [2.24, 2.45) is 0 Å². The lowest BCUT2D eigenvalue weighted by Gasteiger charge is -2.25. The zero-order valence-corrected chi connectivity index (χ0v) is 23.0. The van der Waals surface area contributed by atoms with Crippen LogP contribution in [0.5, 0.6) is 5.75 Å². The van der Waals surface area contributed by atoms with E-state index < -0.39 is 67.5 Å². The lowest BCUT2D eigenvalue weighted by Crippen LogP contribution is -2.37. The SMILES string of the molecule is CC(C)OC(=O)[C@H](C)N[P@](=O)(OC[C@H]1O[C@@H](n2ccc(=O)[nH]c2=O)[C@@H](Cl)[C@@H]1O)Oc1cccc2ccccc12. The fourth-order valence-corrected chi connectivity index (χ4v) is 5.85. The number of hydrogen-bond donors (Lipinski definition) is 3. The van der Waals surface area contributed by atoms with Gasteiger partial charge in [0.15, 0.2) is 6.23 Å². The first-order chi connectivity index (χ1) is 18.5. The predicted octanol–water partition coefficient (Wildman–Crippen LogP) is 2.69. The fourth-order valence-electron chi connectivity index (χ4n) is 3.98. The number of aromatic amines is 1. The summed E-state index contributed by atoms with van der Waals surface area (Å²) in [6.45, 7) is 4.32. The average molecular weight is 582 g/mol. The number of nitrogens with zero attached hydrogens (tertiary/aromatic N) is 1. The van der Waals surface area contributed by atoms with E-state index in [2.05, 4.69) is 10.1 Å². The van der Waals surface area contributed by atoms with E-state index in [0.717, 1.165) is 16.0 Å². The molecule has 12 nitrogen and oxygen atoms in total. The van der Waals surface area contributed by atoms with E-state index in [-0.39, 0.29) is 5.75 Å². The number of fused-ring (bicyclic) bond motifs is 1. The summed E-state index contributed by atoms with van der Waals surface area (Å²) < 4.78 is 37.5. The third kappa shape index (κ3) is 6.78. The number of H-pyrrole nitrogens is 1. The molecule has 2 aromatic carbocycles. The molecule has 0 aliphatic carbocycles. The van der Waals surface area contributed by atoms with Crippen molar-refractivity contribution < 1.29 is 33.0 Å². The number of aliphatic hydroxyl groups excluding tert-OH is 1. The maximum Gasteiger partial charge on any atom is 0.459 e. The average Bonchev–Trinajstić information content (AvgIpc) is 3.16. The van der Waals surface area contributed by atoms with Crippen LogP contribution in [0.4, 0.5) is 0 Å². The number of esters is 1. The van der Waals surface area contributed by atoms with Crippen LogP contribution in [0, 0.1) is 0 Å².